The van der Waals surface area contributed by atoms with Gasteiger partial charge in [-0.25, -0.2) is 0 Å². The van der Waals surface area contributed by atoms with Crippen LogP contribution in [0.2, 0.25) is 0 Å². The number of hydrogen-bond donors (Lipinski definition) is 2. The molecule has 0 aromatic heterocycles. The Hall–Kier alpha value is -0.340. The number of nitrogens with one attached hydrogen (secondary N) is 1. The van der Waals surface area contributed by atoms with E-state index < -0.39 is 0 Å². The van der Waals surface area contributed by atoms with Crippen LogP contribution in [-0.4, -0.2) is 6.04 Å². The summed E-state index contributed by atoms with van der Waals surface area (Å²) < 4.78 is 0. The molecule has 2 heteroatoms. The van der Waals surface area contributed by atoms with E-state index in [0.29, 0.717) is 12.0 Å². The van der Waals surface area contributed by atoms with Gasteiger partial charge in [0.2, 0.25) is 0 Å². The summed E-state index contributed by atoms with van der Waals surface area (Å²) in [5.74, 6) is 7.29. The first-order chi connectivity index (χ1) is 7.69. The predicted molar refractivity (Wildman–Crippen MR) is 70.9 cm³/mol. The molecule has 2 nitrogen and oxygen atoms in total. The lowest BCUT2D eigenvalue weighted by Gasteiger charge is -2.34. The van der Waals surface area contributed by atoms with Gasteiger partial charge >= 0.3 is 0 Å². The summed E-state index contributed by atoms with van der Waals surface area (Å²) in [5, 5.41) is 0. The molecule has 0 aliphatic heterocycles. The largest absolute Gasteiger partial charge is 0.271 e. The number of hydrogen-bond acceptors (Lipinski definition) is 2. The van der Waals surface area contributed by atoms with Gasteiger partial charge in [-0.05, 0) is 31.6 Å². The monoisotopic (exact) mass is 224 g/mol. The molecule has 0 radical (unpaired) electrons. The first-order valence-electron chi connectivity index (χ1n) is 6.80. The minimum atomic E-state index is 0.326. The Morgan fingerprint density at radius 1 is 1.38 bits per heavy atom. The molecule has 1 aliphatic rings. The molecule has 94 valence electrons. The van der Waals surface area contributed by atoms with E-state index in [-0.39, 0.29) is 0 Å². The van der Waals surface area contributed by atoms with Gasteiger partial charge in [0.05, 0.1) is 0 Å². The lowest BCUT2D eigenvalue weighted by atomic mass is 9.76. The van der Waals surface area contributed by atoms with Crippen molar-refractivity contribution in [1.29, 1.82) is 0 Å². The minimum Gasteiger partial charge on any atom is -0.271 e. The SMILES string of the molecule is C=C(C)C(NN)C1CCC(CCCC)CC1. The fourth-order valence-corrected chi connectivity index (χ4v) is 2.98. The van der Waals surface area contributed by atoms with Crippen LogP contribution in [0.1, 0.15) is 58.8 Å². The van der Waals surface area contributed by atoms with E-state index in [4.69, 9.17) is 5.84 Å². The number of unbranched alkanes of at least 4 members (excludes halogenated alkanes) is 1. The Morgan fingerprint density at radius 2 is 2.00 bits per heavy atom. The van der Waals surface area contributed by atoms with Gasteiger partial charge in [-0.1, -0.05) is 51.2 Å². The molecular formula is C14H28N2. The number of nitrogens with two attached hydrogens (primary N) is 1. The Bertz CT molecular complexity index is 205. The van der Waals surface area contributed by atoms with Gasteiger partial charge in [0, 0.05) is 6.04 Å². The molecule has 1 saturated carbocycles. The van der Waals surface area contributed by atoms with Crippen LogP contribution in [0.4, 0.5) is 0 Å². The zero-order chi connectivity index (χ0) is 12.0. The highest BCUT2D eigenvalue weighted by atomic mass is 15.2. The average Bonchev–Trinajstić information content (AvgIpc) is 2.28. The van der Waals surface area contributed by atoms with E-state index in [1.807, 2.05) is 0 Å². The van der Waals surface area contributed by atoms with Crippen LogP contribution in [0.5, 0.6) is 0 Å². The summed E-state index contributed by atoms with van der Waals surface area (Å²) >= 11 is 0. The first-order valence-corrected chi connectivity index (χ1v) is 6.80. The Kier molecular flexibility index (Phi) is 6.07. The standard InChI is InChI=1S/C14H28N2/c1-4-5-6-12-7-9-13(10-8-12)14(16-15)11(2)3/h12-14,16H,2,4-10,15H2,1,3H3. The molecule has 0 amide bonds. The maximum Gasteiger partial charge on any atom is 0.0442 e. The van der Waals surface area contributed by atoms with Crippen molar-refractivity contribution in [1.82, 2.24) is 5.43 Å². The van der Waals surface area contributed by atoms with Crippen molar-refractivity contribution in [2.75, 3.05) is 0 Å². The second kappa shape index (κ2) is 7.08. The fourth-order valence-electron chi connectivity index (χ4n) is 2.98. The number of rotatable bonds is 6. The molecule has 1 rings (SSSR count). The molecule has 1 unspecified atom stereocenters. The van der Waals surface area contributed by atoms with E-state index in [2.05, 4.69) is 25.9 Å². The molecule has 3 N–H and O–H groups in total. The summed E-state index contributed by atoms with van der Waals surface area (Å²) in [5.41, 5.74) is 4.11. The zero-order valence-corrected chi connectivity index (χ0v) is 11.0. The summed E-state index contributed by atoms with van der Waals surface area (Å²) in [4.78, 5) is 0. The van der Waals surface area contributed by atoms with E-state index in [1.54, 1.807) is 0 Å². The third-order valence-electron chi connectivity index (χ3n) is 4.04. The lowest BCUT2D eigenvalue weighted by molar-refractivity contribution is 0.227. The number of hydrazine groups is 1. The Balaban J connectivity index is 2.33. The molecule has 0 bridgehead atoms. The molecule has 0 aromatic rings. The molecule has 1 aliphatic carbocycles. The van der Waals surface area contributed by atoms with Crippen molar-refractivity contribution < 1.29 is 0 Å². The predicted octanol–water partition coefficient (Wildman–Crippen LogP) is 3.39. The Morgan fingerprint density at radius 3 is 2.44 bits per heavy atom. The summed E-state index contributed by atoms with van der Waals surface area (Å²) in [6, 6.07) is 0.326. The van der Waals surface area contributed by atoms with Crippen LogP contribution in [0.15, 0.2) is 12.2 Å². The molecular weight excluding hydrogens is 196 g/mol. The van der Waals surface area contributed by atoms with E-state index >= 15 is 0 Å². The van der Waals surface area contributed by atoms with Crippen molar-refractivity contribution in [2.24, 2.45) is 17.7 Å². The second-order valence-corrected chi connectivity index (χ2v) is 5.41. The smallest absolute Gasteiger partial charge is 0.0442 e. The van der Waals surface area contributed by atoms with E-state index in [1.165, 1.54) is 50.5 Å². The van der Waals surface area contributed by atoms with Crippen LogP contribution in [0.3, 0.4) is 0 Å². The van der Waals surface area contributed by atoms with Gasteiger partial charge in [0.15, 0.2) is 0 Å². The van der Waals surface area contributed by atoms with Gasteiger partial charge in [-0.2, -0.15) is 0 Å². The topological polar surface area (TPSA) is 38.0 Å². The van der Waals surface area contributed by atoms with Gasteiger partial charge < -0.3 is 0 Å². The summed E-state index contributed by atoms with van der Waals surface area (Å²) in [7, 11) is 0. The van der Waals surface area contributed by atoms with Gasteiger partial charge in [-0.3, -0.25) is 11.3 Å². The van der Waals surface area contributed by atoms with E-state index in [9.17, 15) is 0 Å². The van der Waals surface area contributed by atoms with Crippen molar-refractivity contribution in [3.8, 4) is 0 Å². The van der Waals surface area contributed by atoms with Crippen molar-refractivity contribution in [2.45, 2.75) is 64.8 Å². The van der Waals surface area contributed by atoms with Crippen LogP contribution in [-0.2, 0) is 0 Å². The van der Waals surface area contributed by atoms with Crippen molar-refractivity contribution in [3.05, 3.63) is 12.2 Å². The van der Waals surface area contributed by atoms with Gasteiger partial charge in [0.1, 0.15) is 0 Å². The Labute approximate surface area is 101 Å². The molecule has 0 heterocycles. The van der Waals surface area contributed by atoms with Crippen LogP contribution >= 0.6 is 0 Å². The normalized spacial score (nSPS) is 27.7. The van der Waals surface area contributed by atoms with E-state index in [0.717, 1.165) is 5.92 Å². The molecule has 0 aromatic carbocycles. The zero-order valence-electron chi connectivity index (χ0n) is 11.0. The van der Waals surface area contributed by atoms with Gasteiger partial charge in [0.25, 0.3) is 0 Å². The minimum absolute atomic E-state index is 0.326. The summed E-state index contributed by atoms with van der Waals surface area (Å²) in [6.45, 7) is 8.38. The highest BCUT2D eigenvalue weighted by Crippen LogP contribution is 2.34. The molecule has 16 heavy (non-hydrogen) atoms. The van der Waals surface area contributed by atoms with Crippen LogP contribution in [0, 0.1) is 11.8 Å². The quantitative estimate of drug-likeness (QED) is 0.412. The lowest BCUT2D eigenvalue weighted by Crippen LogP contribution is -2.42. The molecule has 1 atom stereocenters. The van der Waals surface area contributed by atoms with Crippen molar-refractivity contribution in [3.63, 3.8) is 0 Å². The fraction of sp³-hybridized carbons (Fsp3) is 0.857. The molecule has 1 fully saturated rings. The average molecular weight is 224 g/mol. The van der Waals surface area contributed by atoms with Crippen LogP contribution < -0.4 is 11.3 Å². The third-order valence-corrected chi connectivity index (χ3v) is 4.04. The summed E-state index contributed by atoms with van der Waals surface area (Å²) in [6.07, 6.45) is 9.56. The molecule has 0 spiro atoms. The maximum atomic E-state index is 5.61. The maximum absolute atomic E-state index is 5.61. The van der Waals surface area contributed by atoms with Crippen molar-refractivity contribution >= 4 is 0 Å². The third kappa shape index (κ3) is 3.91. The van der Waals surface area contributed by atoms with Gasteiger partial charge in [-0.15, -0.1) is 0 Å². The molecule has 0 saturated heterocycles. The first kappa shape index (κ1) is 13.7. The van der Waals surface area contributed by atoms with Crippen LogP contribution in [0.25, 0.3) is 0 Å². The highest BCUT2D eigenvalue weighted by molar-refractivity contribution is 5.04. The highest BCUT2D eigenvalue weighted by Gasteiger charge is 2.26. The second-order valence-electron chi connectivity index (χ2n) is 5.41.